The van der Waals surface area contributed by atoms with Crippen molar-refractivity contribution in [3.63, 3.8) is 0 Å². The average Bonchev–Trinajstić information content (AvgIpc) is 2.60. The summed E-state index contributed by atoms with van der Waals surface area (Å²) in [6.45, 7) is 5.69. The Morgan fingerprint density at radius 2 is 1.71 bits per heavy atom. The molecule has 0 atom stereocenters. The first-order valence-electron chi connectivity index (χ1n) is 4.15. The molecule has 4 nitrogen and oxygen atoms in total. The second-order valence-electron chi connectivity index (χ2n) is 3.07. The van der Waals surface area contributed by atoms with Crippen molar-refractivity contribution in [2.75, 3.05) is 0 Å². The summed E-state index contributed by atoms with van der Waals surface area (Å²) in [7, 11) is 0. The van der Waals surface area contributed by atoms with E-state index < -0.39 is 0 Å². The molecule has 0 saturated carbocycles. The monoisotopic (exact) mass is 212 g/mol. The van der Waals surface area contributed by atoms with Gasteiger partial charge in [-0.2, -0.15) is 0 Å². The highest BCUT2D eigenvalue weighted by atomic mass is 35.5. The van der Waals surface area contributed by atoms with Gasteiger partial charge in [0.1, 0.15) is 11.5 Å². The molecule has 0 amide bonds. The first kappa shape index (κ1) is 9.27. The Labute approximate surface area is 85.9 Å². The Kier molecular flexibility index (Phi) is 2.07. The Morgan fingerprint density at radius 1 is 1.00 bits per heavy atom. The number of aromatic nitrogens is 2. The maximum absolute atomic E-state index is 5.55. The van der Waals surface area contributed by atoms with Crippen LogP contribution < -0.4 is 0 Å². The Hall–Kier alpha value is -1.29. The number of rotatable bonds is 1. The lowest BCUT2D eigenvalue weighted by atomic mass is 10.1. The molecular weight excluding hydrogens is 204 g/mol. The van der Waals surface area contributed by atoms with E-state index in [2.05, 4.69) is 10.2 Å². The summed E-state index contributed by atoms with van der Waals surface area (Å²) in [5.74, 6) is 2.02. The van der Waals surface area contributed by atoms with Gasteiger partial charge in [0.05, 0.1) is 5.56 Å². The maximum Gasteiger partial charge on any atom is 0.313 e. The molecule has 0 aliphatic rings. The number of nitrogens with zero attached hydrogens (tertiary/aromatic N) is 2. The first-order valence-corrected chi connectivity index (χ1v) is 4.53. The average molecular weight is 213 g/mol. The van der Waals surface area contributed by atoms with E-state index in [0.29, 0.717) is 5.89 Å². The third-order valence-corrected chi connectivity index (χ3v) is 2.33. The predicted octanol–water partition coefficient (Wildman–Crippen LogP) is 2.91. The topological polar surface area (TPSA) is 52.1 Å². The quantitative estimate of drug-likeness (QED) is 0.729. The smallest absolute Gasteiger partial charge is 0.313 e. The van der Waals surface area contributed by atoms with Crippen molar-refractivity contribution in [1.29, 1.82) is 0 Å². The van der Waals surface area contributed by atoms with Gasteiger partial charge in [0.15, 0.2) is 0 Å². The second-order valence-corrected chi connectivity index (χ2v) is 3.40. The van der Waals surface area contributed by atoms with Gasteiger partial charge < -0.3 is 8.83 Å². The molecule has 2 heterocycles. The number of aryl methyl sites for hydroxylation is 2. The van der Waals surface area contributed by atoms with E-state index in [1.807, 2.05) is 20.8 Å². The van der Waals surface area contributed by atoms with E-state index in [1.165, 1.54) is 0 Å². The summed E-state index contributed by atoms with van der Waals surface area (Å²) in [5.41, 5.74) is 1.84. The summed E-state index contributed by atoms with van der Waals surface area (Å²) in [6, 6.07) is 0. The van der Waals surface area contributed by atoms with Gasteiger partial charge in [-0.25, -0.2) is 0 Å². The largest absolute Gasteiger partial charge is 0.466 e. The van der Waals surface area contributed by atoms with Gasteiger partial charge in [0.25, 0.3) is 5.89 Å². The summed E-state index contributed by atoms with van der Waals surface area (Å²) < 4.78 is 10.6. The molecule has 14 heavy (non-hydrogen) atoms. The van der Waals surface area contributed by atoms with Crippen LogP contribution in [0, 0.1) is 20.8 Å². The molecule has 2 rings (SSSR count). The third-order valence-electron chi connectivity index (χ3n) is 2.18. The van der Waals surface area contributed by atoms with E-state index >= 15 is 0 Å². The number of hydrogen-bond donors (Lipinski definition) is 0. The molecule has 0 spiro atoms. The van der Waals surface area contributed by atoms with Crippen LogP contribution in [0.4, 0.5) is 0 Å². The minimum Gasteiger partial charge on any atom is -0.466 e. The number of halogens is 1. The Balaban J connectivity index is 2.61. The predicted molar refractivity (Wildman–Crippen MR) is 51.2 cm³/mol. The summed E-state index contributed by atoms with van der Waals surface area (Å²) >= 11 is 5.55. The number of hydrogen-bond acceptors (Lipinski definition) is 4. The Bertz CT molecular complexity index is 473. The van der Waals surface area contributed by atoms with E-state index in [-0.39, 0.29) is 5.35 Å². The number of furan rings is 1. The molecule has 0 radical (unpaired) electrons. The van der Waals surface area contributed by atoms with Crippen molar-refractivity contribution in [2.24, 2.45) is 0 Å². The van der Waals surface area contributed by atoms with Crippen molar-refractivity contribution < 1.29 is 8.83 Å². The lowest BCUT2D eigenvalue weighted by molar-refractivity contribution is 0.501. The lowest BCUT2D eigenvalue weighted by Gasteiger charge is -1.91. The zero-order valence-corrected chi connectivity index (χ0v) is 8.84. The SMILES string of the molecule is Cc1oc(C)c(-c2nnc(Cl)o2)c1C. The highest BCUT2D eigenvalue weighted by Gasteiger charge is 2.18. The summed E-state index contributed by atoms with van der Waals surface area (Å²) in [4.78, 5) is 0. The molecule has 5 heteroatoms. The molecule has 0 unspecified atom stereocenters. The zero-order chi connectivity index (χ0) is 10.3. The highest BCUT2D eigenvalue weighted by Crippen LogP contribution is 2.30. The van der Waals surface area contributed by atoms with Gasteiger partial charge in [-0.1, -0.05) is 5.10 Å². The summed E-state index contributed by atoms with van der Waals surface area (Å²) in [6.07, 6.45) is 0. The van der Waals surface area contributed by atoms with Crippen LogP contribution in [0.15, 0.2) is 8.83 Å². The lowest BCUT2D eigenvalue weighted by Crippen LogP contribution is -1.81. The van der Waals surface area contributed by atoms with Gasteiger partial charge >= 0.3 is 5.35 Å². The Morgan fingerprint density at radius 3 is 2.14 bits per heavy atom. The van der Waals surface area contributed by atoms with Crippen LogP contribution in [0.2, 0.25) is 5.35 Å². The van der Waals surface area contributed by atoms with Gasteiger partial charge in [-0.15, -0.1) is 5.10 Å². The molecule has 0 fully saturated rings. The molecule has 2 aromatic rings. The molecular formula is C9H9ClN2O2. The van der Waals surface area contributed by atoms with E-state index in [1.54, 1.807) is 0 Å². The fourth-order valence-corrected chi connectivity index (χ4v) is 1.53. The molecule has 0 aliphatic carbocycles. The van der Waals surface area contributed by atoms with Crippen molar-refractivity contribution in [3.8, 4) is 11.5 Å². The van der Waals surface area contributed by atoms with Crippen molar-refractivity contribution in [1.82, 2.24) is 10.2 Å². The minimum absolute atomic E-state index is 0.0395. The van der Waals surface area contributed by atoms with Crippen LogP contribution in [0.5, 0.6) is 0 Å². The van der Waals surface area contributed by atoms with Crippen LogP contribution in [-0.2, 0) is 0 Å². The minimum atomic E-state index is 0.0395. The normalized spacial score (nSPS) is 10.9. The van der Waals surface area contributed by atoms with Crippen LogP contribution in [0.25, 0.3) is 11.5 Å². The first-order chi connectivity index (χ1) is 6.59. The zero-order valence-electron chi connectivity index (χ0n) is 8.09. The molecule has 74 valence electrons. The molecule has 2 aromatic heterocycles. The van der Waals surface area contributed by atoms with Gasteiger partial charge in [0.2, 0.25) is 0 Å². The van der Waals surface area contributed by atoms with Gasteiger partial charge in [-0.05, 0) is 32.4 Å². The third kappa shape index (κ3) is 1.32. The van der Waals surface area contributed by atoms with Crippen LogP contribution in [-0.4, -0.2) is 10.2 Å². The summed E-state index contributed by atoms with van der Waals surface area (Å²) in [5, 5.41) is 7.44. The van der Waals surface area contributed by atoms with Crippen molar-refractivity contribution >= 4 is 11.6 Å². The molecule has 0 aromatic carbocycles. The van der Waals surface area contributed by atoms with E-state index in [0.717, 1.165) is 22.6 Å². The van der Waals surface area contributed by atoms with E-state index in [4.69, 9.17) is 20.4 Å². The van der Waals surface area contributed by atoms with Gasteiger partial charge in [-0.3, -0.25) is 0 Å². The fraction of sp³-hybridized carbons (Fsp3) is 0.333. The van der Waals surface area contributed by atoms with Crippen LogP contribution in [0.1, 0.15) is 17.1 Å². The second kappa shape index (κ2) is 3.13. The van der Waals surface area contributed by atoms with Crippen LogP contribution in [0.3, 0.4) is 0 Å². The van der Waals surface area contributed by atoms with Gasteiger partial charge in [0, 0.05) is 5.56 Å². The van der Waals surface area contributed by atoms with Crippen LogP contribution >= 0.6 is 11.6 Å². The maximum atomic E-state index is 5.55. The van der Waals surface area contributed by atoms with E-state index in [9.17, 15) is 0 Å². The molecule has 0 aliphatic heterocycles. The van der Waals surface area contributed by atoms with Crippen molar-refractivity contribution in [3.05, 3.63) is 22.4 Å². The highest BCUT2D eigenvalue weighted by molar-refractivity contribution is 6.27. The molecule has 0 N–H and O–H groups in total. The fourth-order valence-electron chi connectivity index (χ4n) is 1.41. The van der Waals surface area contributed by atoms with Crippen molar-refractivity contribution in [2.45, 2.75) is 20.8 Å². The molecule has 0 saturated heterocycles. The molecule has 0 bridgehead atoms. The standard InChI is InChI=1S/C9H9ClN2O2/c1-4-5(2)13-6(3)7(4)8-11-12-9(10)14-8/h1-3H3.